The lowest BCUT2D eigenvalue weighted by Gasteiger charge is -2.17. The maximum Gasteiger partial charge on any atom is 0.377 e. The first-order chi connectivity index (χ1) is 15.0. The maximum atomic E-state index is 11.7. The van der Waals surface area contributed by atoms with E-state index >= 15 is 0 Å². The quantitative estimate of drug-likeness (QED) is 0.182. The summed E-state index contributed by atoms with van der Waals surface area (Å²) in [4.78, 5) is 22.8. The third kappa shape index (κ3) is 11.4. The minimum absolute atomic E-state index is 0.211. The van der Waals surface area contributed by atoms with E-state index in [0.717, 1.165) is 32.1 Å². The Bertz CT molecular complexity index is 661. The average Bonchev–Trinajstić information content (AvgIpc) is 3.02. The summed E-state index contributed by atoms with van der Waals surface area (Å²) in [5.74, 6) is -3.29. The predicted molar refractivity (Wildman–Crippen MR) is 118 cm³/mol. The van der Waals surface area contributed by atoms with Gasteiger partial charge in [-0.2, -0.15) is 0 Å². The number of aliphatic hydroxyl groups is 3. The zero-order valence-electron chi connectivity index (χ0n) is 18.4. The second-order valence-corrected chi connectivity index (χ2v) is 7.44. The van der Waals surface area contributed by atoms with Crippen molar-refractivity contribution in [2.24, 2.45) is 0 Å². The topological polar surface area (TPSA) is 113 Å². The van der Waals surface area contributed by atoms with Crippen LogP contribution in [0.2, 0.25) is 0 Å². The van der Waals surface area contributed by atoms with E-state index in [2.05, 4.69) is 48.1 Å². The van der Waals surface area contributed by atoms with Crippen molar-refractivity contribution in [2.75, 3.05) is 6.61 Å². The number of carbonyl (C=O) groups is 2. The number of esters is 2. The van der Waals surface area contributed by atoms with Crippen LogP contribution in [0.5, 0.6) is 0 Å². The molecule has 7 heteroatoms. The molecule has 0 amide bonds. The molecule has 0 aromatic rings. The molecule has 0 bridgehead atoms. The number of hydrogen-bond donors (Lipinski definition) is 3. The van der Waals surface area contributed by atoms with Gasteiger partial charge in [0, 0.05) is 6.42 Å². The predicted octanol–water partition coefficient (Wildman–Crippen LogP) is 4.73. The molecular formula is C24H36O7. The van der Waals surface area contributed by atoms with Crippen LogP contribution < -0.4 is 0 Å². The molecule has 0 aromatic heterocycles. The fourth-order valence-electron chi connectivity index (χ4n) is 2.89. The second kappa shape index (κ2) is 16.2. The molecule has 0 saturated heterocycles. The molecule has 0 aliphatic carbocycles. The number of ether oxygens (including phenoxy) is 2. The van der Waals surface area contributed by atoms with Gasteiger partial charge in [-0.15, -0.1) is 0 Å². The molecule has 1 heterocycles. The highest BCUT2D eigenvalue weighted by molar-refractivity contribution is 5.89. The summed E-state index contributed by atoms with van der Waals surface area (Å²) < 4.78 is 9.53. The van der Waals surface area contributed by atoms with Gasteiger partial charge < -0.3 is 24.8 Å². The molecule has 2 atom stereocenters. The Balaban J connectivity index is 2.02. The zero-order valence-corrected chi connectivity index (χ0v) is 18.4. The van der Waals surface area contributed by atoms with Gasteiger partial charge in [0.1, 0.15) is 12.7 Å². The molecule has 31 heavy (non-hydrogen) atoms. The van der Waals surface area contributed by atoms with Crippen molar-refractivity contribution < 1.29 is 34.4 Å². The van der Waals surface area contributed by atoms with Gasteiger partial charge in [-0.05, 0) is 44.9 Å². The van der Waals surface area contributed by atoms with Crippen LogP contribution in [0, 0.1) is 0 Å². The van der Waals surface area contributed by atoms with Crippen LogP contribution >= 0.6 is 0 Å². The molecule has 0 fully saturated rings. The lowest BCUT2D eigenvalue weighted by atomic mass is 10.1. The monoisotopic (exact) mass is 436 g/mol. The van der Waals surface area contributed by atoms with Crippen molar-refractivity contribution >= 4 is 11.9 Å². The van der Waals surface area contributed by atoms with E-state index < -0.39 is 42.3 Å². The molecule has 1 rings (SSSR count). The van der Waals surface area contributed by atoms with E-state index in [0.29, 0.717) is 6.42 Å². The highest BCUT2D eigenvalue weighted by Crippen LogP contribution is 2.21. The largest absolute Gasteiger partial charge is 0.505 e. The molecule has 1 aliphatic rings. The van der Waals surface area contributed by atoms with Gasteiger partial charge in [0.25, 0.3) is 0 Å². The Morgan fingerprint density at radius 3 is 2.13 bits per heavy atom. The van der Waals surface area contributed by atoms with Gasteiger partial charge in [-0.3, -0.25) is 4.79 Å². The SMILES string of the molecule is CCCCC/C=C\C/C=C\C/C=C\CCCCC(=O)OC[C@H](O)[C@H]1OC(=O)C(O)=C1O. The summed E-state index contributed by atoms with van der Waals surface area (Å²) in [6.07, 6.45) is 19.5. The van der Waals surface area contributed by atoms with Gasteiger partial charge in [0.2, 0.25) is 5.76 Å². The van der Waals surface area contributed by atoms with Crippen LogP contribution in [0.15, 0.2) is 48.0 Å². The summed E-state index contributed by atoms with van der Waals surface area (Å²) in [5, 5.41) is 28.5. The number of carbonyl (C=O) groups excluding carboxylic acids is 2. The number of hydrogen-bond acceptors (Lipinski definition) is 7. The van der Waals surface area contributed by atoms with Gasteiger partial charge in [-0.1, -0.05) is 56.2 Å². The summed E-state index contributed by atoms with van der Waals surface area (Å²) in [6, 6.07) is 0. The van der Waals surface area contributed by atoms with Gasteiger partial charge >= 0.3 is 11.9 Å². The Labute approximate surface area is 184 Å². The first-order valence-corrected chi connectivity index (χ1v) is 11.1. The zero-order chi connectivity index (χ0) is 22.9. The number of cyclic esters (lactones) is 1. The highest BCUT2D eigenvalue weighted by Gasteiger charge is 2.39. The number of allylic oxidation sites excluding steroid dienone is 6. The van der Waals surface area contributed by atoms with Crippen LogP contribution in [0.4, 0.5) is 0 Å². The maximum absolute atomic E-state index is 11.7. The third-order valence-electron chi connectivity index (χ3n) is 4.72. The third-order valence-corrected chi connectivity index (χ3v) is 4.72. The van der Waals surface area contributed by atoms with E-state index in [1.165, 1.54) is 19.3 Å². The van der Waals surface area contributed by atoms with Gasteiger partial charge in [-0.25, -0.2) is 4.79 Å². The Hall–Kier alpha value is -2.54. The van der Waals surface area contributed by atoms with E-state index in [1.807, 2.05) is 0 Å². The van der Waals surface area contributed by atoms with Crippen molar-refractivity contribution in [1.29, 1.82) is 0 Å². The van der Waals surface area contributed by atoms with Crippen LogP contribution in [-0.4, -0.2) is 46.1 Å². The Morgan fingerprint density at radius 2 is 1.58 bits per heavy atom. The van der Waals surface area contributed by atoms with Crippen molar-refractivity contribution in [3.05, 3.63) is 48.0 Å². The van der Waals surface area contributed by atoms with Crippen LogP contribution in [-0.2, 0) is 19.1 Å². The second-order valence-electron chi connectivity index (χ2n) is 7.44. The molecule has 0 saturated carbocycles. The van der Waals surface area contributed by atoms with E-state index in [-0.39, 0.29) is 6.42 Å². The minimum Gasteiger partial charge on any atom is -0.505 e. The lowest BCUT2D eigenvalue weighted by Crippen LogP contribution is -2.33. The molecule has 7 nitrogen and oxygen atoms in total. The summed E-state index contributed by atoms with van der Waals surface area (Å²) in [5.41, 5.74) is 0. The van der Waals surface area contributed by atoms with E-state index in [4.69, 9.17) is 4.74 Å². The first-order valence-electron chi connectivity index (χ1n) is 11.1. The van der Waals surface area contributed by atoms with Gasteiger partial charge in [0.15, 0.2) is 11.9 Å². The molecule has 0 unspecified atom stereocenters. The summed E-state index contributed by atoms with van der Waals surface area (Å²) in [7, 11) is 0. The fourth-order valence-corrected chi connectivity index (χ4v) is 2.89. The van der Waals surface area contributed by atoms with Crippen molar-refractivity contribution in [3.63, 3.8) is 0 Å². The number of aliphatic hydroxyl groups excluding tert-OH is 3. The van der Waals surface area contributed by atoms with Gasteiger partial charge in [0.05, 0.1) is 0 Å². The van der Waals surface area contributed by atoms with E-state index in [1.54, 1.807) is 0 Å². The Morgan fingerprint density at radius 1 is 1.00 bits per heavy atom. The minimum atomic E-state index is -1.44. The fraction of sp³-hybridized carbons (Fsp3) is 0.583. The number of unbranched alkanes of at least 4 members (excludes halogenated alkanes) is 5. The molecule has 0 radical (unpaired) electrons. The van der Waals surface area contributed by atoms with E-state index in [9.17, 15) is 24.9 Å². The molecule has 174 valence electrons. The molecule has 0 spiro atoms. The van der Waals surface area contributed by atoms with Crippen LogP contribution in [0.25, 0.3) is 0 Å². The number of rotatable bonds is 16. The summed E-state index contributed by atoms with van der Waals surface area (Å²) in [6.45, 7) is 1.77. The van der Waals surface area contributed by atoms with Crippen LogP contribution in [0.1, 0.15) is 71.1 Å². The highest BCUT2D eigenvalue weighted by atomic mass is 16.6. The van der Waals surface area contributed by atoms with Crippen molar-refractivity contribution in [3.8, 4) is 0 Å². The Kier molecular flexibility index (Phi) is 13.8. The normalized spacial score (nSPS) is 17.9. The van der Waals surface area contributed by atoms with Crippen molar-refractivity contribution in [2.45, 2.75) is 83.3 Å². The molecule has 1 aliphatic heterocycles. The average molecular weight is 437 g/mol. The van der Waals surface area contributed by atoms with Crippen LogP contribution in [0.3, 0.4) is 0 Å². The standard InChI is InChI=1S/C24H36O7/c1-2-3-4-5-6-7-8-9-10-11-12-13-14-15-16-17-20(26)30-18-19(25)23-21(27)22(28)24(29)31-23/h6-7,9-10,12-13,19,23,25,27-28H,2-5,8,11,14-18H2,1H3/b7-6-,10-9-,13-12-/t19-,23+/m0/s1. The smallest absolute Gasteiger partial charge is 0.377 e. The molecule has 3 N–H and O–H groups in total. The lowest BCUT2D eigenvalue weighted by molar-refractivity contribution is -0.154. The summed E-state index contributed by atoms with van der Waals surface area (Å²) >= 11 is 0. The molecular weight excluding hydrogens is 400 g/mol. The molecule has 0 aromatic carbocycles. The van der Waals surface area contributed by atoms with Crippen molar-refractivity contribution in [1.82, 2.24) is 0 Å². The first kappa shape index (κ1) is 26.5.